The molecule has 8 nitrogen and oxygen atoms in total. The summed E-state index contributed by atoms with van der Waals surface area (Å²) in [6.45, 7) is 4.62. The molecule has 1 saturated heterocycles. The molecule has 2 amide bonds. The topological polar surface area (TPSA) is 105 Å². The van der Waals surface area contributed by atoms with Gasteiger partial charge in [0.1, 0.15) is 6.61 Å². The number of aliphatic carboxylic acids is 1. The van der Waals surface area contributed by atoms with E-state index in [0.29, 0.717) is 6.54 Å². The highest BCUT2D eigenvalue weighted by atomic mass is 16.5. The lowest BCUT2D eigenvalue weighted by atomic mass is 9.94. The van der Waals surface area contributed by atoms with Crippen molar-refractivity contribution < 1.29 is 29.0 Å². The molecule has 1 aliphatic carbocycles. The van der Waals surface area contributed by atoms with Gasteiger partial charge in [0.25, 0.3) is 0 Å². The SMILES string of the molecule is CC(C)C(CNC(=O)OCC1c2ccccc2-c2ccccc21)C(=O)N1CCOC(C(=O)O)C1. The van der Waals surface area contributed by atoms with Crippen LogP contribution >= 0.6 is 0 Å². The number of morpholine rings is 1. The molecule has 0 saturated carbocycles. The zero-order valence-corrected chi connectivity index (χ0v) is 19.4. The average molecular weight is 467 g/mol. The zero-order chi connectivity index (χ0) is 24.2. The van der Waals surface area contributed by atoms with Gasteiger partial charge in [-0.1, -0.05) is 62.4 Å². The second kappa shape index (κ2) is 10.3. The number of carboxylic acids is 1. The molecule has 0 radical (unpaired) electrons. The van der Waals surface area contributed by atoms with Gasteiger partial charge in [-0.25, -0.2) is 9.59 Å². The Hall–Kier alpha value is -3.39. The molecule has 1 heterocycles. The van der Waals surface area contributed by atoms with E-state index in [4.69, 9.17) is 9.47 Å². The number of carboxylic acid groups (broad SMARTS) is 1. The van der Waals surface area contributed by atoms with Crippen molar-refractivity contribution in [1.82, 2.24) is 10.2 Å². The number of ether oxygens (including phenoxy) is 2. The van der Waals surface area contributed by atoms with Crippen LogP contribution in [-0.2, 0) is 19.1 Å². The van der Waals surface area contributed by atoms with Crippen LogP contribution in [0.1, 0.15) is 30.9 Å². The summed E-state index contributed by atoms with van der Waals surface area (Å²) in [6, 6.07) is 16.2. The molecule has 180 valence electrons. The van der Waals surface area contributed by atoms with Gasteiger partial charge in [-0.15, -0.1) is 0 Å². The Bertz CT molecular complexity index is 1020. The van der Waals surface area contributed by atoms with Gasteiger partial charge >= 0.3 is 12.1 Å². The fraction of sp³-hybridized carbons (Fsp3) is 0.423. The van der Waals surface area contributed by atoms with Crippen molar-refractivity contribution in [3.8, 4) is 11.1 Å². The summed E-state index contributed by atoms with van der Waals surface area (Å²) in [4.78, 5) is 38.3. The molecule has 1 fully saturated rings. The van der Waals surface area contributed by atoms with Crippen LogP contribution < -0.4 is 5.32 Å². The van der Waals surface area contributed by atoms with Gasteiger partial charge in [0, 0.05) is 19.0 Å². The van der Waals surface area contributed by atoms with Gasteiger partial charge in [0.2, 0.25) is 5.91 Å². The summed E-state index contributed by atoms with van der Waals surface area (Å²) >= 11 is 0. The number of carbonyl (C=O) groups is 3. The maximum absolute atomic E-state index is 13.0. The Labute approximate surface area is 198 Å². The largest absolute Gasteiger partial charge is 0.479 e. The highest BCUT2D eigenvalue weighted by molar-refractivity contribution is 5.82. The molecular weight excluding hydrogens is 436 g/mol. The number of amides is 2. The maximum atomic E-state index is 13.0. The van der Waals surface area contributed by atoms with E-state index in [9.17, 15) is 19.5 Å². The van der Waals surface area contributed by atoms with E-state index in [1.807, 2.05) is 38.1 Å². The van der Waals surface area contributed by atoms with Gasteiger partial charge in [-0.05, 0) is 28.2 Å². The lowest BCUT2D eigenvalue weighted by Crippen LogP contribution is -2.52. The molecule has 2 aromatic rings. The summed E-state index contributed by atoms with van der Waals surface area (Å²) in [5.41, 5.74) is 4.57. The minimum absolute atomic E-state index is 0.00231. The zero-order valence-electron chi connectivity index (χ0n) is 19.4. The van der Waals surface area contributed by atoms with E-state index >= 15 is 0 Å². The van der Waals surface area contributed by atoms with Crippen LogP contribution in [-0.4, -0.2) is 66.9 Å². The van der Waals surface area contributed by atoms with E-state index in [2.05, 4.69) is 29.6 Å². The van der Waals surface area contributed by atoms with E-state index in [1.54, 1.807) is 0 Å². The van der Waals surface area contributed by atoms with Gasteiger partial charge in [-0.3, -0.25) is 4.79 Å². The third-order valence-electron chi connectivity index (χ3n) is 6.59. The van der Waals surface area contributed by atoms with Gasteiger partial charge < -0.3 is 24.8 Å². The molecule has 1 aliphatic heterocycles. The summed E-state index contributed by atoms with van der Waals surface area (Å²) in [5, 5.41) is 11.9. The summed E-state index contributed by atoms with van der Waals surface area (Å²) in [6.07, 6.45) is -1.61. The molecule has 2 aliphatic rings. The van der Waals surface area contributed by atoms with E-state index in [-0.39, 0.29) is 44.0 Å². The van der Waals surface area contributed by atoms with Crippen LogP contribution in [0.4, 0.5) is 4.79 Å². The number of hydrogen-bond donors (Lipinski definition) is 2. The predicted molar refractivity (Wildman–Crippen MR) is 125 cm³/mol. The molecule has 0 bridgehead atoms. The Morgan fingerprint density at radius 2 is 1.71 bits per heavy atom. The molecule has 8 heteroatoms. The fourth-order valence-corrected chi connectivity index (χ4v) is 4.68. The highest BCUT2D eigenvalue weighted by Crippen LogP contribution is 2.44. The smallest absolute Gasteiger partial charge is 0.407 e. The molecule has 0 aromatic heterocycles. The highest BCUT2D eigenvalue weighted by Gasteiger charge is 2.34. The van der Waals surface area contributed by atoms with Crippen molar-refractivity contribution in [1.29, 1.82) is 0 Å². The first kappa shape index (κ1) is 23.8. The second-order valence-corrected chi connectivity index (χ2v) is 9.04. The minimum Gasteiger partial charge on any atom is -0.479 e. The van der Waals surface area contributed by atoms with Crippen molar-refractivity contribution in [3.63, 3.8) is 0 Å². The van der Waals surface area contributed by atoms with E-state index in [1.165, 1.54) is 4.90 Å². The Morgan fingerprint density at radius 3 is 2.29 bits per heavy atom. The molecule has 0 spiro atoms. The molecule has 34 heavy (non-hydrogen) atoms. The van der Waals surface area contributed by atoms with Gasteiger partial charge in [0.15, 0.2) is 6.10 Å². The lowest BCUT2D eigenvalue weighted by molar-refractivity contribution is -0.160. The second-order valence-electron chi connectivity index (χ2n) is 9.04. The molecule has 2 unspecified atom stereocenters. The fourth-order valence-electron chi connectivity index (χ4n) is 4.68. The molecular formula is C26H30N2O6. The molecule has 2 atom stereocenters. The number of nitrogens with one attached hydrogen (secondary N) is 1. The van der Waals surface area contributed by atoms with Crippen LogP contribution in [0.25, 0.3) is 11.1 Å². The van der Waals surface area contributed by atoms with Crippen molar-refractivity contribution in [2.24, 2.45) is 11.8 Å². The molecule has 2 aromatic carbocycles. The van der Waals surface area contributed by atoms with Crippen molar-refractivity contribution in [2.45, 2.75) is 25.9 Å². The number of hydrogen-bond acceptors (Lipinski definition) is 5. The van der Waals surface area contributed by atoms with Gasteiger partial charge in [0.05, 0.1) is 19.1 Å². The quantitative estimate of drug-likeness (QED) is 0.650. The van der Waals surface area contributed by atoms with E-state index < -0.39 is 24.1 Å². The number of benzene rings is 2. The normalized spacial score (nSPS) is 18.2. The predicted octanol–water partition coefficient (Wildman–Crippen LogP) is 3.11. The standard InChI is InChI=1S/C26H30N2O6/c1-16(2)21(24(29)28-11-12-33-23(14-28)25(30)31)13-27-26(32)34-15-22-19-9-5-3-7-17(19)18-8-4-6-10-20(18)22/h3-10,16,21-23H,11-15H2,1-2H3,(H,27,32)(H,30,31). The Morgan fingerprint density at radius 1 is 1.09 bits per heavy atom. The third kappa shape index (κ3) is 4.92. The number of carbonyl (C=O) groups excluding carboxylic acids is 2. The van der Waals surface area contributed by atoms with Crippen LogP contribution in [0.15, 0.2) is 48.5 Å². The first-order chi connectivity index (χ1) is 16.4. The molecule has 2 N–H and O–H groups in total. The maximum Gasteiger partial charge on any atom is 0.407 e. The van der Waals surface area contributed by atoms with E-state index in [0.717, 1.165) is 22.3 Å². The van der Waals surface area contributed by atoms with Crippen LogP contribution in [0.5, 0.6) is 0 Å². The summed E-state index contributed by atoms with van der Waals surface area (Å²) < 4.78 is 10.8. The van der Waals surface area contributed by atoms with Crippen molar-refractivity contribution in [2.75, 3.05) is 32.8 Å². The number of alkyl carbamates (subject to hydrolysis) is 1. The van der Waals surface area contributed by atoms with Crippen LogP contribution in [0.2, 0.25) is 0 Å². The average Bonchev–Trinajstić information content (AvgIpc) is 3.16. The third-order valence-corrected chi connectivity index (χ3v) is 6.59. The Balaban J connectivity index is 1.35. The Kier molecular flexibility index (Phi) is 7.17. The van der Waals surface area contributed by atoms with Crippen molar-refractivity contribution >= 4 is 18.0 Å². The summed E-state index contributed by atoms with van der Waals surface area (Å²) in [5.74, 6) is -1.86. The van der Waals surface area contributed by atoms with Gasteiger partial charge in [-0.2, -0.15) is 0 Å². The first-order valence-corrected chi connectivity index (χ1v) is 11.6. The number of nitrogens with zero attached hydrogens (tertiary/aromatic N) is 1. The minimum atomic E-state index is -1.09. The first-order valence-electron chi connectivity index (χ1n) is 11.6. The van der Waals surface area contributed by atoms with Crippen molar-refractivity contribution in [3.05, 3.63) is 59.7 Å². The van der Waals surface area contributed by atoms with Crippen LogP contribution in [0, 0.1) is 11.8 Å². The summed E-state index contributed by atoms with van der Waals surface area (Å²) in [7, 11) is 0. The lowest BCUT2D eigenvalue weighted by Gasteiger charge is -2.34. The number of fused-ring (bicyclic) bond motifs is 3. The monoisotopic (exact) mass is 466 g/mol. The van der Waals surface area contributed by atoms with Crippen LogP contribution in [0.3, 0.4) is 0 Å². The molecule has 4 rings (SSSR count). The number of rotatable bonds is 7.